The lowest BCUT2D eigenvalue weighted by atomic mass is 10.1. The van der Waals surface area contributed by atoms with E-state index in [-0.39, 0.29) is 5.91 Å². The number of nitrogens with zero attached hydrogens (tertiary/aromatic N) is 4. The molecule has 1 aliphatic heterocycles. The van der Waals surface area contributed by atoms with Crippen molar-refractivity contribution in [3.8, 4) is 6.07 Å². The summed E-state index contributed by atoms with van der Waals surface area (Å²) < 4.78 is 0. The second-order valence-electron chi connectivity index (χ2n) is 4.95. The van der Waals surface area contributed by atoms with Crippen LogP contribution in [0.3, 0.4) is 0 Å². The number of hydrogen-bond acceptors (Lipinski definition) is 5. The highest BCUT2D eigenvalue weighted by molar-refractivity contribution is 5.76. The Labute approximate surface area is 118 Å². The Morgan fingerprint density at radius 1 is 1.40 bits per heavy atom. The van der Waals surface area contributed by atoms with E-state index in [9.17, 15) is 4.79 Å². The van der Waals surface area contributed by atoms with Crippen LogP contribution in [0.1, 0.15) is 37.1 Å². The molecule has 2 rings (SSSR count). The maximum absolute atomic E-state index is 12.0. The van der Waals surface area contributed by atoms with E-state index in [1.165, 1.54) is 6.42 Å². The fraction of sp³-hybridized carbons (Fsp3) is 0.571. The highest BCUT2D eigenvalue weighted by atomic mass is 16.2. The molecule has 0 saturated carbocycles. The van der Waals surface area contributed by atoms with Gasteiger partial charge >= 0.3 is 0 Å². The number of hydrogen-bond donors (Lipinski definition) is 1. The van der Waals surface area contributed by atoms with Gasteiger partial charge < -0.3 is 10.2 Å². The Morgan fingerprint density at radius 3 is 2.85 bits per heavy atom. The van der Waals surface area contributed by atoms with Crippen LogP contribution in [0, 0.1) is 18.3 Å². The third-order valence-corrected chi connectivity index (χ3v) is 3.30. The Bertz CT molecular complexity index is 517. The van der Waals surface area contributed by atoms with Crippen molar-refractivity contribution in [3.63, 3.8) is 0 Å². The molecule has 0 aromatic carbocycles. The second-order valence-corrected chi connectivity index (χ2v) is 4.95. The maximum atomic E-state index is 12.0. The van der Waals surface area contributed by atoms with Crippen LogP contribution in [-0.2, 0) is 4.79 Å². The van der Waals surface area contributed by atoms with Gasteiger partial charge in [-0.15, -0.1) is 0 Å². The molecule has 1 N–H and O–H groups in total. The summed E-state index contributed by atoms with van der Waals surface area (Å²) >= 11 is 0. The van der Waals surface area contributed by atoms with E-state index < -0.39 is 0 Å². The van der Waals surface area contributed by atoms with E-state index in [0.29, 0.717) is 24.6 Å². The van der Waals surface area contributed by atoms with Gasteiger partial charge in [0.2, 0.25) is 11.9 Å². The second kappa shape index (κ2) is 6.85. The average Bonchev–Trinajstić information content (AvgIpc) is 2.47. The molecule has 0 spiro atoms. The predicted octanol–water partition coefficient (Wildman–Crippen LogP) is 1.47. The summed E-state index contributed by atoms with van der Waals surface area (Å²) in [5.41, 5.74) is 1.07. The number of carbonyl (C=O) groups excluding carboxylic acids is 1. The maximum Gasteiger partial charge on any atom is 0.224 e. The summed E-state index contributed by atoms with van der Waals surface area (Å²) in [6.07, 6.45) is 3.85. The van der Waals surface area contributed by atoms with E-state index in [1.54, 1.807) is 6.07 Å². The molecule has 6 heteroatoms. The van der Waals surface area contributed by atoms with Gasteiger partial charge in [-0.3, -0.25) is 4.79 Å². The molecule has 1 saturated heterocycles. The van der Waals surface area contributed by atoms with Crippen LogP contribution in [0.5, 0.6) is 0 Å². The van der Waals surface area contributed by atoms with Crippen LogP contribution in [0.15, 0.2) is 6.07 Å². The summed E-state index contributed by atoms with van der Waals surface area (Å²) in [5, 5.41) is 11.9. The molecule has 1 aromatic rings. The number of rotatable bonds is 4. The first-order valence-corrected chi connectivity index (χ1v) is 6.96. The van der Waals surface area contributed by atoms with Crippen LogP contribution in [0.2, 0.25) is 0 Å². The Kier molecular flexibility index (Phi) is 4.88. The van der Waals surface area contributed by atoms with Crippen LogP contribution in [0.4, 0.5) is 5.95 Å². The number of nitrogens with one attached hydrogen (secondary N) is 1. The van der Waals surface area contributed by atoms with Gasteiger partial charge in [-0.1, -0.05) is 0 Å². The van der Waals surface area contributed by atoms with Gasteiger partial charge in [-0.05, 0) is 32.3 Å². The van der Waals surface area contributed by atoms with Crippen molar-refractivity contribution in [2.24, 2.45) is 0 Å². The molecule has 0 unspecified atom stereocenters. The lowest BCUT2D eigenvalue weighted by Crippen LogP contribution is -2.36. The van der Waals surface area contributed by atoms with Crippen molar-refractivity contribution in [1.82, 2.24) is 14.9 Å². The Morgan fingerprint density at radius 2 is 2.15 bits per heavy atom. The smallest absolute Gasteiger partial charge is 0.224 e. The molecular weight excluding hydrogens is 254 g/mol. The highest BCUT2D eigenvalue weighted by Gasteiger charge is 2.15. The molecule has 0 aliphatic carbocycles. The number of likely N-dealkylation sites (tertiary alicyclic amines) is 1. The summed E-state index contributed by atoms with van der Waals surface area (Å²) in [6.45, 7) is 4.05. The zero-order valence-electron chi connectivity index (χ0n) is 11.7. The van der Waals surface area contributed by atoms with Gasteiger partial charge in [0.25, 0.3) is 0 Å². The molecule has 6 nitrogen and oxygen atoms in total. The number of anilines is 1. The minimum Gasteiger partial charge on any atom is -0.354 e. The van der Waals surface area contributed by atoms with Gasteiger partial charge in [0.05, 0.1) is 0 Å². The first kappa shape index (κ1) is 14.3. The SMILES string of the molecule is Cc1cc(C#N)nc(NCCC(=O)N2CCCCC2)n1. The van der Waals surface area contributed by atoms with Gasteiger partial charge in [0, 0.05) is 31.7 Å². The van der Waals surface area contributed by atoms with E-state index in [2.05, 4.69) is 15.3 Å². The monoisotopic (exact) mass is 273 g/mol. The Balaban J connectivity index is 1.82. The van der Waals surface area contributed by atoms with Gasteiger partial charge in [0.1, 0.15) is 11.8 Å². The van der Waals surface area contributed by atoms with Crippen molar-refractivity contribution in [2.45, 2.75) is 32.6 Å². The highest BCUT2D eigenvalue weighted by Crippen LogP contribution is 2.10. The fourth-order valence-corrected chi connectivity index (χ4v) is 2.29. The third kappa shape index (κ3) is 3.92. The molecule has 0 radical (unpaired) electrons. The van der Waals surface area contributed by atoms with E-state index in [0.717, 1.165) is 31.6 Å². The van der Waals surface area contributed by atoms with E-state index >= 15 is 0 Å². The molecule has 1 aromatic heterocycles. The van der Waals surface area contributed by atoms with Crippen LogP contribution in [-0.4, -0.2) is 40.4 Å². The summed E-state index contributed by atoms with van der Waals surface area (Å²) in [7, 11) is 0. The van der Waals surface area contributed by atoms with Crippen molar-refractivity contribution >= 4 is 11.9 Å². The lowest BCUT2D eigenvalue weighted by Gasteiger charge is -2.26. The molecule has 20 heavy (non-hydrogen) atoms. The fourth-order valence-electron chi connectivity index (χ4n) is 2.29. The molecule has 106 valence electrons. The number of aromatic nitrogens is 2. The first-order chi connectivity index (χ1) is 9.69. The van der Waals surface area contributed by atoms with E-state index in [1.807, 2.05) is 17.9 Å². The first-order valence-electron chi connectivity index (χ1n) is 6.96. The molecule has 1 fully saturated rings. The number of piperidine rings is 1. The quantitative estimate of drug-likeness (QED) is 0.898. The number of amides is 1. The minimum atomic E-state index is 0.172. The third-order valence-electron chi connectivity index (χ3n) is 3.30. The molecular formula is C14H19N5O. The van der Waals surface area contributed by atoms with Gasteiger partial charge in [-0.25, -0.2) is 9.97 Å². The largest absolute Gasteiger partial charge is 0.354 e. The zero-order chi connectivity index (χ0) is 14.4. The average molecular weight is 273 g/mol. The Hall–Kier alpha value is -2.16. The van der Waals surface area contributed by atoms with E-state index in [4.69, 9.17) is 5.26 Å². The van der Waals surface area contributed by atoms with Crippen LogP contribution in [0.25, 0.3) is 0 Å². The number of carbonyl (C=O) groups is 1. The molecule has 1 aliphatic rings. The topological polar surface area (TPSA) is 81.9 Å². The predicted molar refractivity (Wildman–Crippen MR) is 75.0 cm³/mol. The molecule has 0 atom stereocenters. The van der Waals surface area contributed by atoms with Gasteiger partial charge in [0.15, 0.2) is 0 Å². The van der Waals surface area contributed by atoms with Crippen molar-refractivity contribution in [1.29, 1.82) is 5.26 Å². The number of nitriles is 1. The molecule has 0 bridgehead atoms. The van der Waals surface area contributed by atoms with Gasteiger partial charge in [-0.2, -0.15) is 5.26 Å². The lowest BCUT2D eigenvalue weighted by molar-refractivity contribution is -0.131. The summed E-state index contributed by atoms with van der Waals surface area (Å²) in [4.78, 5) is 22.1. The zero-order valence-corrected chi connectivity index (χ0v) is 11.7. The van der Waals surface area contributed by atoms with Crippen LogP contribution < -0.4 is 5.32 Å². The standard InChI is InChI=1S/C14H19N5O/c1-11-9-12(10-15)18-14(17-11)16-6-5-13(20)19-7-3-2-4-8-19/h9H,2-8H2,1H3,(H,16,17,18). The summed E-state index contributed by atoms with van der Waals surface area (Å²) in [5.74, 6) is 0.582. The molecule has 2 heterocycles. The van der Waals surface area contributed by atoms with Crippen LogP contribution >= 0.6 is 0 Å². The van der Waals surface area contributed by atoms with Crippen molar-refractivity contribution in [3.05, 3.63) is 17.5 Å². The summed E-state index contributed by atoms with van der Waals surface area (Å²) in [6, 6.07) is 3.62. The van der Waals surface area contributed by atoms with Crippen molar-refractivity contribution in [2.75, 3.05) is 25.0 Å². The number of aryl methyl sites for hydroxylation is 1. The molecule has 1 amide bonds. The minimum absolute atomic E-state index is 0.172. The normalized spacial score (nSPS) is 14.7. The van der Waals surface area contributed by atoms with Crippen molar-refractivity contribution < 1.29 is 4.79 Å².